The summed E-state index contributed by atoms with van der Waals surface area (Å²) in [5.74, 6) is -0.822. The van der Waals surface area contributed by atoms with Crippen LogP contribution in [0.3, 0.4) is 0 Å². The average molecular weight is 451 g/mol. The van der Waals surface area contributed by atoms with Crippen LogP contribution in [0.1, 0.15) is 27.7 Å². The van der Waals surface area contributed by atoms with Crippen LogP contribution < -0.4 is 10.6 Å². The highest BCUT2D eigenvalue weighted by atomic mass is 35.5. The molecule has 0 aliphatic heterocycles. The second kappa shape index (κ2) is 10.0. The number of halogens is 2. The number of anilines is 1. The fourth-order valence-corrected chi connectivity index (χ4v) is 3.92. The van der Waals surface area contributed by atoms with Crippen LogP contribution in [-0.4, -0.2) is 33.4 Å². The topological polar surface area (TPSA) is 50.4 Å². The van der Waals surface area contributed by atoms with E-state index >= 15 is 0 Å². The second-order valence-electron chi connectivity index (χ2n) is 9.05. The zero-order valence-corrected chi connectivity index (χ0v) is 20.4. The van der Waals surface area contributed by atoms with Crippen LogP contribution in [0.15, 0.2) is 42.5 Å². The quantitative estimate of drug-likeness (QED) is 0.479. The van der Waals surface area contributed by atoms with Gasteiger partial charge in [0.05, 0.1) is 12.2 Å². The van der Waals surface area contributed by atoms with E-state index in [-0.39, 0.29) is 29.2 Å². The van der Waals surface area contributed by atoms with Crippen molar-refractivity contribution < 1.29 is 13.6 Å². The molecule has 0 heterocycles. The van der Waals surface area contributed by atoms with E-state index < -0.39 is 14.1 Å². The Morgan fingerprint density at radius 1 is 1.13 bits per heavy atom. The zero-order valence-electron chi connectivity index (χ0n) is 18.6. The van der Waals surface area contributed by atoms with E-state index in [1.807, 2.05) is 6.92 Å². The number of hydrogen-bond donors (Lipinski definition) is 2. The average Bonchev–Trinajstić information content (AvgIpc) is 2.66. The lowest BCUT2D eigenvalue weighted by molar-refractivity contribution is -0.115. The van der Waals surface area contributed by atoms with Crippen LogP contribution in [0.5, 0.6) is 0 Å². The Hall–Kier alpha value is -1.73. The second-order valence-corrected chi connectivity index (χ2v) is 14.3. The molecular formula is C23H32ClFN2O2Si. The minimum atomic E-state index is -1.84. The Balaban J connectivity index is 1.94. The minimum Gasteiger partial charge on any atom is -0.415 e. The number of hydrogen-bond acceptors (Lipinski definition) is 3. The number of carbonyl (C=O) groups is 1. The van der Waals surface area contributed by atoms with Crippen LogP contribution >= 0.6 is 11.6 Å². The van der Waals surface area contributed by atoms with E-state index in [0.717, 1.165) is 0 Å². The summed E-state index contributed by atoms with van der Waals surface area (Å²) in [5.41, 5.74) is 1.06. The lowest BCUT2D eigenvalue weighted by Gasteiger charge is -2.37. The van der Waals surface area contributed by atoms with E-state index in [1.54, 1.807) is 36.4 Å². The van der Waals surface area contributed by atoms with Crippen molar-refractivity contribution in [3.63, 3.8) is 0 Å². The number of amides is 1. The molecule has 1 amide bonds. The van der Waals surface area contributed by atoms with E-state index in [9.17, 15) is 9.18 Å². The first-order chi connectivity index (χ1) is 13.9. The summed E-state index contributed by atoms with van der Waals surface area (Å²) >= 11 is 6.19. The summed E-state index contributed by atoms with van der Waals surface area (Å²) in [6.45, 7) is 13.5. The molecule has 1 unspecified atom stereocenters. The SMILES string of the molecule is CC(CO[Si](C)(C)C(C)(C)C)NCC(=O)Nc1cccc(-c2ccccc2Cl)c1F. The normalized spacial score (nSPS) is 13.2. The van der Waals surface area contributed by atoms with Gasteiger partial charge in [-0.2, -0.15) is 0 Å². The highest BCUT2D eigenvalue weighted by Crippen LogP contribution is 2.36. The largest absolute Gasteiger partial charge is 0.415 e. The van der Waals surface area contributed by atoms with Crippen LogP contribution in [-0.2, 0) is 9.22 Å². The van der Waals surface area contributed by atoms with Crippen molar-refractivity contribution in [2.75, 3.05) is 18.5 Å². The monoisotopic (exact) mass is 450 g/mol. The van der Waals surface area contributed by atoms with Gasteiger partial charge in [0.15, 0.2) is 14.1 Å². The molecule has 164 valence electrons. The van der Waals surface area contributed by atoms with E-state index in [2.05, 4.69) is 44.5 Å². The molecule has 30 heavy (non-hydrogen) atoms. The molecular weight excluding hydrogens is 419 g/mol. The van der Waals surface area contributed by atoms with Gasteiger partial charge in [-0.1, -0.05) is 62.7 Å². The first-order valence-electron chi connectivity index (χ1n) is 10.1. The Morgan fingerprint density at radius 2 is 1.77 bits per heavy atom. The van der Waals surface area contributed by atoms with Crippen molar-refractivity contribution in [1.82, 2.24) is 5.32 Å². The van der Waals surface area contributed by atoms with Crippen LogP contribution in [0.4, 0.5) is 10.1 Å². The van der Waals surface area contributed by atoms with E-state index in [0.29, 0.717) is 22.8 Å². The Morgan fingerprint density at radius 3 is 2.40 bits per heavy atom. The highest BCUT2D eigenvalue weighted by molar-refractivity contribution is 6.74. The Kier molecular flexibility index (Phi) is 8.22. The number of rotatable bonds is 8. The van der Waals surface area contributed by atoms with E-state index in [4.69, 9.17) is 16.0 Å². The van der Waals surface area contributed by atoms with Gasteiger partial charge in [-0.3, -0.25) is 4.79 Å². The molecule has 7 heteroatoms. The van der Waals surface area contributed by atoms with Crippen molar-refractivity contribution in [3.8, 4) is 11.1 Å². The summed E-state index contributed by atoms with van der Waals surface area (Å²) in [5, 5.41) is 6.37. The molecule has 1 atom stereocenters. The maximum atomic E-state index is 15.0. The fraction of sp³-hybridized carbons (Fsp3) is 0.435. The molecule has 0 saturated carbocycles. The standard InChI is InChI=1S/C23H32ClFN2O2Si/c1-16(15-29-30(5,6)23(2,3)4)26-14-21(28)27-20-13-9-11-18(22(20)25)17-10-7-8-12-19(17)24/h7-13,16,26H,14-15H2,1-6H3,(H,27,28). The first kappa shape index (κ1) is 24.5. The molecule has 0 spiro atoms. The molecule has 2 rings (SSSR count). The van der Waals surface area contributed by atoms with Gasteiger partial charge in [0.25, 0.3) is 0 Å². The molecule has 0 aromatic heterocycles. The molecule has 0 radical (unpaired) electrons. The lowest BCUT2D eigenvalue weighted by atomic mass is 10.0. The predicted octanol–water partition coefficient (Wildman–Crippen LogP) is 6.08. The number of benzene rings is 2. The first-order valence-corrected chi connectivity index (χ1v) is 13.4. The van der Waals surface area contributed by atoms with Gasteiger partial charge in [-0.25, -0.2) is 4.39 Å². The van der Waals surface area contributed by atoms with Gasteiger partial charge in [0.2, 0.25) is 5.91 Å². The van der Waals surface area contributed by atoms with Crippen molar-refractivity contribution in [3.05, 3.63) is 53.3 Å². The third kappa shape index (κ3) is 6.38. The summed E-state index contributed by atoms with van der Waals surface area (Å²) in [4.78, 5) is 12.3. The van der Waals surface area contributed by atoms with Gasteiger partial charge >= 0.3 is 0 Å². The van der Waals surface area contributed by atoms with Gasteiger partial charge in [-0.15, -0.1) is 0 Å². The van der Waals surface area contributed by atoms with Gasteiger partial charge < -0.3 is 15.1 Å². The number of carbonyl (C=O) groups excluding carboxylic acids is 1. The molecule has 2 aromatic carbocycles. The van der Waals surface area contributed by atoms with Crippen LogP contribution in [0.2, 0.25) is 23.2 Å². The maximum Gasteiger partial charge on any atom is 0.238 e. The van der Waals surface area contributed by atoms with Crippen molar-refractivity contribution >= 4 is 31.5 Å². The molecule has 0 fully saturated rings. The summed E-state index contributed by atoms with van der Waals surface area (Å²) in [6, 6.07) is 11.9. The molecule has 4 nitrogen and oxygen atoms in total. The van der Waals surface area contributed by atoms with Crippen molar-refractivity contribution in [2.45, 2.75) is 51.9 Å². The number of nitrogens with one attached hydrogen (secondary N) is 2. The summed E-state index contributed by atoms with van der Waals surface area (Å²) < 4.78 is 21.1. The highest BCUT2D eigenvalue weighted by Gasteiger charge is 2.37. The Bertz CT molecular complexity index is 884. The molecule has 0 saturated heterocycles. The van der Waals surface area contributed by atoms with Gasteiger partial charge in [-0.05, 0) is 37.2 Å². The van der Waals surface area contributed by atoms with Gasteiger partial charge in [0, 0.05) is 28.8 Å². The van der Waals surface area contributed by atoms with E-state index in [1.165, 1.54) is 6.07 Å². The van der Waals surface area contributed by atoms with Crippen LogP contribution in [0.25, 0.3) is 11.1 Å². The summed E-state index contributed by atoms with van der Waals surface area (Å²) in [6.07, 6.45) is 0. The van der Waals surface area contributed by atoms with Gasteiger partial charge in [0.1, 0.15) is 0 Å². The molecule has 2 aromatic rings. The third-order valence-electron chi connectivity index (χ3n) is 5.55. The summed E-state index contributed by atoms with van der Waals surface area (Å²) in [7, 11) is -1.84. The predicted molar refractivity (Wildman–Crippen MR) is 126 cm³/mol. The molecule has 2 N–H and O–H groups in total. The molecule has 0 aliphatic carbocycles. The zero-order chi connectivity index (χ0) is 22.5. The molecule has 0 aliphatic rings. The minimum absolute atomic E-state index is 0.00387. The van der Waals surface area contributed by atoms with Crippen molar-refractivity contribution in [2.24, 2.45) is 0 Å². The third-order valence-corrected chi connectivity index (χ3v) is 10.4. The fourth-order valence-electron chi connectivity index (χ4n) is 2.59. The van der Waals surface area contributed by atoms with Crippen molar-refractivity contribution in [1.29, 1.82) is 0 Å². The smallest absolute Gasteiger partial charge is 0.238 e. The van der Waals surface area contributed by atoms with Crippen LogP contribution in [0, 0.1) is 5.82 Å². The Labute approximate surface area is 185 Å². The molecule has 0 bridgehead atoms. The maximum absolute atomic E-state index is 15.0. The lowest BCUT2D eigenvalue weighted by Crippen LogP contribution is -2.45.